The van der Waals surface area contributed by atoms with Gasteiger partial charge in [-0.15, -0.1) is 13.2 Å². The van der Waals surface area contributed by atoms with Gasteiger partial charge in [0, 0.05) is 6.54 Å². The van der Waals surface area contributed by atoms with Crippen LogP contribution in [0.4, 0.5) is 13.2 Å². The second kappa shape index (κ2) is 6.59. The monoisotopic (exact) mass is 345 g/mol. The van der Waals surface area contributed by atoms with E-state index >= 15 is 0 Å². The Balaban J connectivity index is 2.08. The van der Waals surface area contributed by atoms with Crippen molar-refractivity contribution >= 4 is 10.0 Å². The fourth-order valence-electron chi connectivity index (χ4n) is 1.83. The van der Waals surface area contributed by atoms with Crippen molar-refractivity contribution in [3.8, 4) is 5.75 Å². The van der Waals surface area contributed by atoms with Crippen LogP contribution in [0.1, 0.15) is 11.1 Å². The maximum Gasteiger partial charge on any atom is 0.573 e. The number of sulfonamides is 1. The molecule has 2 rings (SSSR count). The normalized spacial score (nSPS) is 12.2. The van der Waals surface area contributed by atoms with Gasteiger partial charge in [-0.25, -0.2) is 13.1 Å². The summed E-state index contributed by atoms with van der Waals surface area (Å²) in [7, 11) is -3.74. The lowest BCUT2D eigenvalue weighted by Crippen LogP contribution is -2.23. The minimum atomic E-state index is -4.79. The van der Waals surface area contributed by atoms with Gasteiger partial charge in [0.15, 0.2) is 0 Å². The molecule has 0 saturated heterocycles. The average molecular weight is 345 g/mol. The van der Waals surface area contributed by atoms with Gasteiger partial charge in [-0.05, 0) is 36.8 Å². The van der Waals surface area contributed by atoms with E-state index in [1.165, 1.54) is 24.3 Å². The summed E-state index contributed by atoms with van der Waals surface area (Å²) in [6, 6.07) is 11.4. The molecule has 0 bridgehead atoms. The molecule has 1 N–H and O–H groups in total. The van der Waals surface area contributed by atoms with Crippen molar-refractivity contribution in [2.45, 2.75) is 24.7 Å². The fourth-order valence-corrected chi connectivity index (χ4v) is 2.85. The van der Waals surface area contributed by atoms with Gasteiger partial charge < -0.3 is 4.74 Å². The predicted octanol–water partition coefficient (Wildman–Crippen LogP) is 3.37. The number of hydrogen-bond donors (Lipinski definition) is 1. The van der Waals surface area contributed by atoms with Crippen LogP contribution in [0.5, 0.6) is 5.75 Å². The molecule has 8 heteroatoms. The molecule has 0 heterocycles. The lowest BCUT2D eigenvalue weighted by Gasteiger charge is -2.11. The number of rotatable bonds is 5. The Labute approximate surface area is 132 Å². The van der Waals surface area contributed by atoms with Crippen LogP contribution in [-0.2, 0) is 16.6 Å². The van der Waals surface area contributed by atoms with Crippen molar-refractivity contribution in [2.75, 3.05) is 0 Å². The third-order valence-electron chi connectivity index (χ3n) is 2.93. The third-order valence-corrected chi connectivity index (χ3v) is 4.35. The van der Waals surface area contributed by atoms with Crippen LogP contribution in [-0.4, -0.2) is 14.8 Å². The number of hydrogen-bond acceptors (Lipinski definition) is 3. The molecule has 0 aromatic heterocycles. The lowest BCUT2D eigenvalue weighted by atomic mass is 10.2. The van der Waals surface area contributed by atoms with Gasteiger partial charge in [0.1, 0.15) is 5.75 Å². The van der Waals surface area contributed by atoms with Gasteiger partial charge in [-0.1, -0.05) is 29.8 Å². The van der Waals surface area contributed by atoms with E-state index in [0.29, 0.717) is 5.56 Å². The average Bonchev–Trinajstić information content (AvgIpc) is 2.44. The Hall–Kier alpha value is -2.06. The van der Waals surface area contributed by atoms with E-state index in [1.54, 1.807) is 12.1 Å². The van der Waals surface area contributed by atoms with E-state index in [0.717, 1.165) is 17.7 Å². The molecule has 4 nitrogen and oxygen atoms in total. The molecule has 124 valence electrons. The maximum atomic E-state index is 12.2. The Morgan fingerprint density at radius 1 is 1.09 bits per heavy atom. The molecule has 2 aromatic rings. The Morgan fingerprint density at radius 3 is 2.35 bits per heavy atom. The van der Waals surface area contributed by atoms with Gasteiger partial charge in [0.2, 0.25) is 10.0 Å². The molecule has 23 heavy (non-hydrogen) atoms. The summed E-state index contributed by atoms with van der Waals surface area (Å²) >= 11 is 0. The smallest absolute Gasteiger partial charge is 0.406 e. The summed E-state index contributed by atoms with van der Waals surface area (Å²) in [5, 5.41) is 0. The largest absolute Gasteiger partial charge is 0.573 e. The molecule has 0 saturated carbocycles. The van der Waals surface area contributed by atoms with Crippen molar-refractivity contribution in [1.82, 2.24) is 4.72 Å². The summed E-state index contributed by atoms with van der Waals surface area (Å²) in [6.07, 6.45) is -4.79. The molecule has 0 atom stereocenters. The van der Waals surface area contributed by atoms with E-state index in [-0.39, 0.29) is 11.4 Å². The van der Waals surface area contributed by atoms with Crippen LogP contribution in [0.15, 0.2) is 53.4 Å². The van der Waals surface area contributed by atoms with Crippen molar-refractivity contribution in [3.05, 3.63) is 59.7 Å². The summed E-state index contributed by atoms with van der Waals surface area (Å²) in [5.74, 6) is -0.399. The SMILES string of the molecule is Cc1ccc(S(=O)(=O)NCc2cccc(OC(F)(F)F)c2)cc1. The van der Waals surface area contributed by atoms with Gasteiger partial charge in [0.25, 0.3) is 0 Å². The van der Waals surface area contributed by atoms with Crippen molar-refractivity contribution in [1.29, 1.82) is 0 Å². The van der Waals surface area contributed by atoms with Crippen molar-refractivity contribution < 1.29 is 26.3 Å². The summed E-state index contributed by atoms with van der Waals surface area (Å²) in [5.41, 5.74) is 1.27. The highest BCUT2D eigenvalue weighted by Gasteiger charge is 2.31. The molecule has 2 aromatic carbocycles. The molecular weight excluding hydrogens is 331 g/mol. The fraction of sp³-hybridized carbons (Fsp3) is 0.200. The first-order valence-corrected chi connectivity index (χ1v) is 8.05. The molecule has 0 radical (unpaired) electrons. The van der Waals surface area contributed by atoms with E-state index in [9.17, 15) is 21.6 Å². The first kappa shape index (κ1) is 17.3. The molecule has 0 aliphatic carbocycles. The zero-order chi connectivity index (χ0) is 17.1. The van der Waals surface area contributed by atoms with Gasteiger partial charge in [-0.3, -0.25) is 0 Å². The maximum absolute atomic E-state index is 12.2. The number of alkyl halides is 3. The molecule has 0 amide bonds. The van der Waals surface area contributed by atoms with Crippen molar-refractivity contribution in [3.63, 3.8) is 0 Å². The highest BCUT2D eigenvalue weighted by atomic mass is 32.2. The number of halogens is 3. The summed E-state index contributed by atoms with van der Waals surface area (Å²) in [6.45, 7) is 1.68. The second-order valence-corrected chi connectivity index (χ2v) is 6.60. The van der Waals surface area contributed by atoms with Crippen LogP contribution >= 0.6 is 0 Å². The van der Waals surface area contributed by atoms with Crippen LogP contribution in [0.3, 0.4) is 0 Å². The zero-order valence-corrected chi connectivity index (χ0v) is 12.9. The van der Waals surface area contributed by atoms with Crippen molar-refractivity contribution in [2.24, 2.45) is 0 Å². The highest BCUT2D eigenvalue weighted by Crippen LogP contribution is 2.23. The number of aryl methyl sites for hydroxylation is 1. The predicted molar refractivity (Wildman–Crippen MR) is 78.3 cm³/mol. The summed E-state index contributed by atoms with van der Waals surface area (Å²) in [4.78, 5) is 0.0887. The minimum absolute atomic E-state index is 0.0887. The first-order valence-electron chi connectivity index (χ1n) is 6.57. The second-order valence-electron chi connectivity index (χ2n) is 4.83. The van der Waals surface area contributed by atoms with Crippen LogP contribution in [0.25, 0.3) is 0 Å². The molecule has 0 spiro atoms. The number of ether oxygens (including phenoxy) is 1. The van der Waals surface area contributed by atoms with Crippen LogP contribution in [0.2, 0.25) is 0 Å². The molecule has 0 aliphatic rings. The van der Waals surface area contributed by atoms with Crippen LogP contribution < -0.4 is 9.46 Å². The number of nitrogens with one attached hydrogen (secondary N) is 1. The molecular formula is C15H14F3NO3S. The standard InChI is InChI=1S/C15H14F3NO3S/c1-11-5-7-14(8-6-11)23(20,21)19-10-12-3-2-4-13(9-12)22-15(16,17)18/h2-9,19H,10H2,1H3. The van der Waals surface area contributed by atoms with E-state index in [1.807, 2.05) is 6.92 Å². The Kier molecular flexibility index (Phi) is 4.96. The van der Waals surface area contributed by atoms with Gasteiger partial charge in [0.05, 0.1) is 4.90 Å². The van der Waals surface area contributed by atoms with Gasteiger partial charge in [-0.2, -0.15) is 0 Å². The number of benzene rings is 2. The quantitative estimate of drug-likeness (QED) is 0.904. The zero-order valence-electron chi connectivity index (χ0n) is 12.1. The molecule has 0 unspecified atom stereocenters. The molecule has 0 aliphatic heterocycles. The van der Waals surface area contributed by atoms with E-state index in [2.05, 4.69) is 9.46 Å². The van der Waals surface area contributed by atoms with Crippen LogP contribution in [0, 0.1) is 6.92 Å². The van der Waals surface area contributed by atoms with E-state index < -0.39 is 22.1 Å². The summed E-state index contributed by atoms with van der Waals surface area (Å²) < 4.78 is 66.9. The Morgan fingerprint density at radius 2 is 1.74 bits per heavy atom. The lowest BCUT2D eigenvalue weighted by molar-refractivity contribution is -0.274. The van der Waals surface area contributed by atoms with E-state index in [4.69, 9.17) is 0 Å². The highest BCUT2D eigenvalue weighted by molar-refractivity contribution is 7.89. The molecule has 0 fully saturated rings. The topological polar surface area (TPSA) is 55.4 Å². The third kappa shape index (κ3) is 5.26. The first-order chi connectivity index (χ1) is 10.7. The minimum Gasteiger partial charge on any atom is -0.406 e. The van der Waals surface area contributed by atoms with Gasteiger partial charge >= 0.3 is 6.36 Å². The Bertz CT molecular complexity index is 771.